The molecule has 1 aromatic rings. The van der Waals surface area contributed by atoms with Crippen molar-refractivity contribution >= 4 is 0 Å². The summed E-state index contributed by atoms with van der Waals surface area (Å²) in [7, 11) is 0. The van der Waals surface area contributed by atoms with Crippen molar-refractivity contribution in [3.63, 3.8) is 0 Å². The van der Waals surface area contributed by atoms with Gasteiger partial charge in [0, 0.05) is 6.04 Å². The number of piperidine rings is 1. The highest BCUT2D eigenvalue weighted by Crippen LogP contribution is 2.38. The molecular formula is C17H25FN2. The molecule has 1 saturated heterocycles. The van der Waals surface area contributed by atoms with Gasteiger partial charge >= 0.3 is 0 Å². The number of halogens is 1. The maximum atomic E-state index is 13.8. The van der Waals surface area contributed by atoms with Crippen LogP contribution in [0.3, 0.4) is 0 Å². The van der Waals surface area contributed by atoms with Crippen LogP contribution in [0, 0.1) is 11.7 Å². The lowest BCUT2D eigenvalue weighted by atomic mass is 9.94. The minimum absolute atomic E-state index is 0.00738. The molecule has 0 bridgehead atoms. The third kappa shape index (κ3) is 2.75. The number of hydrogen-bond donors (Lipinski definition) is 1. The van der Waals surface area contributed by atoms with Crippen molar-refractivity contribution in [2.45, 2.75) is 38.6 Å². The van der Waals surface area contributed by atoms with E-state index in [1.54, 1.807) is 6.07 Å². The standard InChI is InChI=1S/C17H25FN2/c1-2-19-12-13-8-10-20(11-9-13)17-7-6-14-15(17)4-3-5-16(14)18/h3-5,13,17,19H,2,6-12H2,1H3. The van der Waals surface area contributed by atoms with Gasteiger partial charge in [0.15, 0.2) is 0 Å². The molecule has 110 valence electrons. The van der Waals surface area contributed by atoms with Crippen molar-refractivity contribution in [1.29, 1.82) is 0 Å². The zero-order chi connectivity index (χ0) is 13.9. The quantitative estimate of drug-likeness (QED) is 0.909. The predicted octanol–water partition coefficient (Wildman–Crippen LogP) is 3.13. The second-order valence-electron chi connectivity index (χ2n) is 6.15. The molecule has 1 aliphatic heterocycles. The monoisotopic (exact) mass is 276 g/mol. The Morgan fingerprint density at radius 2 is 2.05 bits per heavy atom. The molecule has 1 fully saturated rings. The summed E-state index contributed by atoms with van der Waals surface area (Å²) in [6.07, 6.45) is 4.54. The molecule has 1 N–H and O–H groups in total. The minimum atomic E-state index is -0.00738. The van der Waals surface area contributed by atoms with E-state index in [2.05, 4.69) is 23.2 Å². The largest absolute Gasteiger partial charge is 0.317 e. The average Bonchev–Trinajstić information content (AvgIpc) is 2.91. The first-order valence-electron chi connectivity index (χ1n) is 8.01. The normalized spacial score (nSPS) is 24.0. The zero-order valence-electron chi connectivity index (χ0n) is 12.4. The van der Waals surface area contributed by atoms with E-state index >= 15 is 0 Å². The first kappa shape index (κ1) is 14.0. The summed E-state index contributed by atoms with van der Waals surface area (Å²) in [6, 6.07) is 6.05. The van der Waals surface area contributed by atoms with Crippen molar-refractivity contribution in [3.8, 4) is 0 Å². The molecule has 1 aliphatic carbocycles. The molecule has 0 aromatic heterocycles. The highest BCUT2D eigenvalue weighted by Gasteiger charge is 2.31. The highest BCUT2D eigenvalue weighted by molar-refractivity contribution is 5.35. The lowest BCUT2D eigenvalue weighted by Gasteiger charge is -2.36. The second-order valence-corrected chi connectivity index (χ2v) is 6.15. The van der Waals surface area contributed by atoms with Crippen LogP contribution in [0.15, 0.2) is 18.2 Å². The Hall–Kier alpha value is -0.930. The minimum Gasteiger partial charge on any atom is -0.317 e. The molecular weight excluding hydrogens is 251 g/mol. The molecule has 1 heterocycles. The summed E-state index contributed by atoms with van der Waals surface area (Å²) >= 11 is 0. The van der Waals surface area contributed by atoms with Crippen LogP contribution in [0.25, 0.3) is 0 Å². The second kappa shape index (κ2) is 6.23. The zero-order valence-corrected chi connectivity index (χ0v) is 12.4. The molecule has 1 atom stereocenters. The summed E-state index contributed by atoms with van der Waals surface area (Å²) in [4.78, 5) is 2.58. The Balaban J connectivity index is 1.62. The highest BCUT2D eigenvalue weighted by atomic mass is 19.1. The fourth-order valence-electron chi connectivity index (χ4n) is 3.78. The summed E-state index contributed by atoms with van der Waals surface area (Å²) < 4.78 is 13.8. The van der Waals surface area contributed by atoms with Crippen LogP contribution in [-0.2, 0) is 6.42 Å². The number of benzene rings is 1. The van der Waals surface area contributed by atoms with Crippen molar-refractivity contribution < 1.29 is 4.39 Å². The fraction of sp³-hybridized carbons (Fsp3) is 0.647. The first-order valence-corrected chi connectivity index (χ1v) is 8.01. The Morgan fingerprint density at radius 3 is 2.80 bits per heavy atom. The number of likely N-dealkylation sites (tertiary alicyclic amines) is 1. The molecule has 3 rings (SSSR count). The van der Waals surface area contributed by atoms with Crippen LogP contribution in [-0.4, -0.2) is 31.1 Å². The average molecular weight is 276 g/mol. The summed E-state index contributed by atoms with van der Waals surface area (Å²) in [5, 5.41) is 3.46. The Kier molecular flexibility index (Phi) is 4.37. The predicted molar refractivity (Wildman–Crippen MR) is 80.3 cm³/mol. The Bertz CT molecular complexity index is 452. The molecule has 0 spiro atoms. The van der Waals surface area contributed by atoms with Crippen LogP contribution < -0.4 is 5.32 Å². The topological polar surface area (TPSA) is 15.3 Å². The third-order valence-electron chi connectivity index (χ3n) is 4.95. The van der Waals surface area contributed by atoms with E-state index in [-0.39, 0.29) is 5.82 Å². The summed E-state index contributed by atoms with van der Waals surface area (Å²) in [5.74, 6) is 0.812. The van der Waals surface area contributed by atoms with E-state index < -0.39 is 0 Å². The van der Waals surface area contributed by atoms with Gasteiger partial charge in [-0.25, -0.2) is 4.39 Å². The van der Waals surface area contributed by atoms with Gasteiger partial charge < -0.3 is 5.32 Å². The van der Waals surface area contributed by atoms with E-state index in [4.69, 9.17) is 0 Å². The number of nitrogens with one attached hydrogen (secondary N) is 1. The van der Waals surface area contributed by atoms with Crippen molar-refractivity contribution in [2.24, 2.45) is 5.92 Å². The van der Waals surface area contributed by atoms with Gasteiger partial charge in [0.1, 0.15) is 5.82 Å². The van der Waals surface area contributed by atoms with Gasteiger partial charge in [0.25, 0.3) is 0 Å². The molecule has 3 heteroatoms. The van der Waals surface area contributed by atoms with E-state index in [1.165, 1.54) is 18.4 Å². The number of hydrogen-bond acceptors (Lipinski definition) is 2. The fourth-order valence-corrected chi connectivity index (χ4v) is 3.78. The molecule has 0 saturated carbocycles. The third-order valence-corrected chi connectivity index (χ3v) is 4.95. The first-order chi connectivity index (χ1) is 9.79. The van der Waals surface area contributed by atoms with E-state index in [9.17, 15) is 4.39 Å². The smallest absolute Gasteiger partial charge is 0.126 e. The van der Waals surface area contributed by atoms with Crippen molar-refractivity contribution in [2.75, 3.05) is 26.2 Å². The lowest BCUT2D eigenvalue weighted by Crippen LogP contribution is -2.38. The molecule has 0 radical (unpaired) electrons. The number of nitrogens with zero attached hydrogens (tertiary/aromatic N) is 1. The van der Waals surface area contributed by atoms with Crippen LogP contribution >= 0.6 is 0 Å². The molecule has 20 heavy (non-hydrogen) atoms. The SMILES string of the molecule is CCNCC1CCN(C2CCc3c(F)cccc32)CC1. The number of rotatable bonds is 4. The van der Waals surface area contributed by atoms with Crippen LogP contribution in [0.2, 0.25) is 0 Å². The molecule has 1 unspecified atom stereocenters. The number of fused-ring (bicyclic) bond motifs is 1. The van der Waals surface area contributed by atoms with E-state index in [0.29, 0.717) is 6.04 Å². The van der Waals surface area contributed by atoms with Gasteiger partial charge in [-0.2, -0.15) is 0 Å². The van der Waals surface area contributed by atoms with E-state index in [1.807, 2.05) is 6.07 Å². The van der Waals surface area contributed by atoms with E-state index in [0.717, 1.165) is 50.5 Å². The van der Waals surface area contributed by atoms with Gasteiger partial charge in [0.2, 0.25) is 0 Å². The van der Waals surface area contributed by atoms with Gasteiger partial charge in [0.05, 0.1) is 0 Å². The van der Waals surface area contributed by atoms with Crippen molar-refractivity contribution in [1.82, 2.24) is 10.2 Å². The van der Waals surface area contributed by atoms with Gasteiger partial charge in [-0.05, 0) is 75.0 Å². The molecule has 0 amide bonds. The van der Waals surface area contributed by atoms with Crippen molar-refractivity contribution in [3.05, 3.63) is 35.1 Å². The lowest BCUT2D eigenvalue weighted by molar-refractivity contribution is 0.131. The molecule has 1 aromatic carbocycles. The van der Waals surface area contributed by atoms with Crippen LogP contribution in [0.4, 0.5) is 4.39 Å². The van der Waals surface area contributed by atoms with Gasteiger partial charge in [-0.15, -0.1) is 0 Å². The molecule has 2 nitrogen and oxygen atoms in total. The maximum Gasteiger partial charge on any atom is 0.126 e. The Morgan fingerprint density at radius 1 is 1.25 bits per heavy atom. The molecule has 2 aliphatic rings. The van der Waals surface area contributed by atoms with Gasteiger partial charge in [-0.3, -0.25) is 4.90 Å². The summed E-state index contributed by atoms with van der Waals surface area (Å²) in [5.41, 5.74) is 2.21. The maximum absolute atomic E-state index is 13.8. The Labute approximate surface area is 121 Å². The van der Waals surface area contributed by atoms with Gasteiger partial charge in [-0.1, -0.05) is 19.1 Å². The van der Waals surface area contributed by atoms with Crippen LogP contribution in [0.1, 0.15) is 43.4 Å². The summed E-state index contributed by atoms with van der Waals surface area (Å²) in [6.45, 7) is 6.71. The van der Waals surface area contributed by atoms with Crippen LogP contribution in [0.5, 0.6) is 0 Å².